The quantitative estimate of drug-likeness (QED) is 0.456. The summed E-state index contributed by atoms with van der Waals surface area (Å²) in [5.74, 6) is 0. The highest BCUT2D eigenvalue weighted by atomic mass is 15.0. The van der Waals surface area contributed by atoms with Gasteiger partial charge < -0.3 is 16.8 Å². The lowest BCUT2D eigenvalue weighted by Gasteiger charge is -2.21. The van der Waals surface area contributed by atoms with Crippen LogP contribution in [0, 0.1) is 0 Å². The van der Waals surface area contributed by atoms with Gasteiger partial charge in [-0.15, -0.1) is 0 Å². The molecule has 0 fully saturated rings. The molecule has 0 aromatic rings. The Morgan fingerprint density at radius 1 is 1.44 bits per heavy atom. The molecule has 0 aromatic heterocycles. The molecule has 0 atom stereocenters. The third-order valence-corrected chi connectivity index (χ3v) is 1.50. The molecule has 0 heterocycles. The summed E-state index contributed by atoms with van der Waals surface area (Å²) in [5.41, 5.74) is 10.8. The van der Waals surface area contributed by atoms with Crippen LogP contribution in [0.25, 0.3) is 0 Å². The average molecular weight is 131 g/mol. The molecule has 0 rings (SSSR count). The molecule has 0 spiro atoms. The van der Waals surface area contributed by atoms with Crippen LogP contribution in [-0.2, 0) is 0 Å². The fourth-order valence-corrected chi connectivity index (χ4v) is 0.535. The number of nitrogens with two attached hydrogens (primary N) is 2. The average Bonchev–Trinajstić information content (AvgIpc) is 1.84. The second-order valence-electron chi connectivity index (χ2n) is 2.44. The molecule has 0 unspecified atom stereocenters. The summed E-state index contributed by atoms with van der Waals surface area (Å²) in [6.07, 6.45) is 1.66. The van der Waals surface area contributed by atoms with Gasteiger partial charge in [-0.05, 0) is 26.4 Å². The van der Waals surface area contributed by atoms with Crippen molar-refractivity contribution in [2.45, 2.75) is 25.4 Å². The van der Waals surface area contributed by atoms with Crippen molar-refractivity contribution in [3.63, 3.8) is 0 Å². The predicted molar refractivity (Wildman–Crippen MR) is 39.9 cm³/mol. The zero-order valence-electron chi connectivity index (χ0n) is 6.28. The van der Waals surface area contributed by atoms with E-state index < -0.39 is 5.66 Å². The standard InChI is InChI=1S/C6H17N3/c1-3-6(7,8)4-5-9-2/h9H,3-5,7-8H2,1-2H3. The van der Waals surface area contributed by atoms with Crippen LogP contribution < -0.4 is 16.8 Å². The van der Waals surface area contributed by atoms with E-state index in [0.717, 1.165) is 19.4 Å². The van der Waals surface area contributed by atoms with Crippen LogP contribution in [0.2, 0.25) is 0 Å². The topological polar surface area (TPSA) is 64.1 Å². The molecule has 0 aliphatic heterocycles. The van der Waals surface area contributed by atoms with Gasteiger partial charge in [-0.2, -0.15) is 0 Å². The van der Waals surface area contributed by atoms with Gasteiger partial charge >= 0.3 is 0 Å². The Morgan fingerprint density at radius 3 is 2.33 bits per heavy atom. The molecule has 5 N–H and O–H groups in total. The minimum atomic E-state index is -0.469. The third kappa shape index (κ3) is 4.39. The lowest BCUT2D eigenvalue weighted by atomic mass is 10.1. The molecule has 3 heteroatoms. The Morgan fingerprint density at radius 2 is 2.00 bits per heavy atom. The summed E-state index contributed by atoms with van der Waals surface area (Å²) < 4.78 is 0. The van der Waals surface area contributed by atoms with Crippen molar-refractivity contribution in [1.82, 2.24) is 5.32 Å². The molecule has 0 aromatic carbocycles. The largest absolute Gasteiger partial charge is 0.320 e. The normalized spacial score (nSPS) is 12.0. The van der Waals surface area contributed by atoms with Crippen molar-refractivity contribution >= 4 is 0 Å². The number of nitrogens with one attached hydrogen (secondary N) is 1. The Kier molecular flexibility index (Phi) is 3.77. The van der Waals surface area contributed by atoms with Gasteiger partial charge in [-0.1, -0.05) is 6.92 Å². The van der Waals surface area contributed by atoms with Crippen molar-refractivity contribution in [2.24, 2.45) is 11.5 Å². The predicted octanol–water partition coefficient (Wildman–Crippen LogP) is -0.380. The van der Waals surface area contributed by atoms with Crippen molar-refractivity contribution in [2.75, 3.05) is 13.6 Å². The smallest absolute Gasteiger partial charge is 0.0646 e. The van der Waals surface area contributed by atoms with Gasteiger partial charge in [0.15, 0.2) is 0 Å². The summed E-state index contributed by atoms with van der Waals surface area (Å²) >= 11 is 0. The van der Waals surface area contributed by atoms with E-state index in [1.807, 2.05) is 14.0 Å². The summed E-state index contributed by atoms with van der Waals surface area (Å²) in [7, 11) is 1.89. The van der Waals surface area contributed by atoms with E-state index in [2.05, 4.69) is 5.32 Å². The number of rotatable bonds is 4. The fourth-order valence-electron chi connectivity index (χ4n) is 0.535. The van der Waals surface area contributed by atoms with E-state index in [-0.39, 0.29) is 0 Å². The molecule has 0 amide bonds. The molecule has 0 aliphatic carbocycles. The van der Waals surface area contributed by atoms with Crippen molar-refractivity contribution < 1.29 is 0 Å². The first-order valence-electron chi connectivity index (χ1n) is 3.35. The maximum absolute atomic E-state index is 5.64. The van der Waals surface area contributed by atoms with Gasteiger partial charge in [0, 0.05) is 0 Å². The van der Waals surface area contributed by atoms with Gasteiger partial charge in [0.1, 0.15) is 0 Å². The minimum absolute atomic E-state index is 0.469. The highest BCUT2D eigenvalue weighted by Crippen LogP contribution is 2.00. The summed E-state index contributed by atoms with van der Waals surface area (Å²) in [4.78, 5) is 0. The van der Waals surface area contributed by atoms with E-state index in [4.69, 9.17) is 11.5 Å². The van der Waals surface area contributed by atoms with E-state index >= 15 is 0 Å². The maximum atomic E-state index is 5.64. The highest BCUT2D eigenvalue weighted by Gasteiger charge is 2.13. The monoisotopic (exact) mass is 131 g/mol. The third-order valence-electron chi connectivity index (χ3n) is 1.50. The fraction of sp³-hybridized carbons (Fsp3) is 1.00. The summed E-state index contributed by atoms with van der Waals surface area (Å²) in [6.45, 7) is 2.89. The van der Waals surface area contributed by atoms with Crippen LogP contribution in [0.5, 0.6) is 0 Å². The first-order valence-corrected chi connectivity index (χ1v) is 3.35. The van der Waals surface area contributed by atoms with Gasteiger partial charge in [0.05, 0.1) is 5.66 Å². The van der Waals surface area contributed by atoms with Gasteiger partial charge in [0.2, 0.25) is 0 Å². The highest BCUT2D eigenvalue weighted by molar-refractivity contribution is 4.74. The van der Waals surface area contributed by atoms with Gasteiger partial charge in [-0.25, -0.2) is 0 Å². The zero-order chi connectivity index (χ0) is 7.33. The lowest BCUT2D eigenvalue weighted by Crippen LogP contribution is -2.50. The Labute approximate surface area is 56.8 Å². The molecule has 0 radical (unpaired) electrons. The molecule has 0 saturated heterocycles. The van der Waals surface area contributed by atoms with Crippen LogP contribution in [-0.4, -0.2) is 19.3 Å². The summed E-state index contributed by atoms with van der Waals surface area (Å²) in [5, 5.41) is 3.00. The molecular formula is C6H17N3. The van der Waals surface area contributed by atoms with Crippen molar-refractivity contribution in [1.29, 1.82) is 0 Å². The van der Waals surface area contributed by atoms with E-state index in [1.165, 1.54) is 0 Å². The SMILES string of the molecule is CCC(N)(N)CCNC. The Balaban J connectivity index is 3.33. The number of hydrogen-bond acceptors (Lipinski definition) is 3. The molecular weight excluding hydrogens is 114 g/mol. The van der Waals surface area contributed by atoms with Crippen LogP contribution >= 0.6 is 0 Å². The van der Waals surface area contributed by atoms with Crippen LogP contribution in [0.1, 0.15) is 19.8 Å². The molecule has 0 aliphatic rings. The van der Waals surface area contributed by atoms with E-state index in [0.29, 0.717) is 0 Å². The molecule has 0 saturated carbocycles. The van der Waals surface area contributed by atoms with E-state index in [1.54, 1.807) is 0 Å². The zero-order valence-corrected chi connectivity index (χ0v) is 6.28. The van der Waals surface area contributed by atoms with Gasteiger partial charge in [0.25, 0.3) is 0 Å². The Hall–Kier alpha value is -0.120. The molecule has 56 valence electrons. The first-order chi connectivity index (χ1) is 4.12. The van der Waals surface area contributed by atoms with Crippen molar-refractivity contribution in [3.05, 3.63) is 0 Å². The van der Waals surface area contributed by atoms with E-state index in [9.17, 15) is 0 Å². The maximum Gasteiger partial charge on any atom is 0.0646 e. The van der Waals surface area contributed by atoms with Crippen LogP contribution in [0.4, 0.5) is 0 Å². The lowest BCUT2D eigenvalue weighted by molar-refractivity contribution is 0.390. The van der Waals surface area contributed by atoms with Gasteiger partial charge in [-0.3, -0.25) is 0 Å². The molecule has 9 heavy (non-hydrogen) atoms. The molecule has 3 nitrogen and oxygen atoms in total. The minimum Gasteiger partial charge on any atom is -0.320 e. The second-order valence-corrected chi connectivity index (χ2v) is 2.44. The Bertz CT molecular complexity index is 70.7. The first kappa shape index (κ1) is 8.88. The number of hydrogen-bond donors (Lipinski definition) is 3. The van der Waals surface area contributed by atoms with Crippen LogP contribution in [0.3, 0.4) is 0 Å². The van der Waals surface area contributed by atoms with Crippen LogP contribution in [0.15, 0.2) is 0 Å². The van der Waals surface area contributed by atoms with Crippen molar-refractivity contribution in [3.8, 4) is 0 Å². The summed E-state index contributed by atoms with van der Waals surface area (Å²) in [6, 6.07) is 0. The second kappa shape index (κ2) is 3.82. The molecule has 0 bridgehead atoms.